The molecule has 1 aliphatic carbocycles. The molecule has 0 radical (unpaired) electrons. The summed E-state index contributed by atoms with van der Waals surface area (Å²) in [5, 5.41) is 4.92. The standard InChI is InChI=1S/C14H23N3S/c1-10-8-16-13(17-9-10)18-12-7-14(2,3)6-5-11(12)15-4/h8-9,11-12,15H,5-7H2,1-4H3. The lowest BCUT2D eigenvalue weighted by molar-refractivity contribution is 0.218. The third kappa shape index (κ3) is 3.45. The van der Waals surface area contributed by atoms with E-state index in [1.807, 2.05) is 31.1 Å². The predicted octanol–water partition coefficient (Wildman–Crippen LogP) is 3.04. The molecule has 1 aliphatic rings. The molecule has 0 saturated heterocycles. The average Bonchev–Trinajstić information content (AvgIpc) is 2.31. The van der Waals surface area contributed by atoms with E-state index in [9.17, 15) is 0 Å². The van der Waals surface area contributed by atoms with E-state index in [0.29, 0.717) is 16.7 Å². The molecule has 100 valence electrons. The number of nitrogens with one attached hydrogen (secondary N) is 1. The second-order valence-corrected chi connectivity index (χ2v) is 7.21. The van der Waals surface area contributed by atoms with Crippen LogP contribution in [-0.2, 0) is 0 Å². The maximum atomic E-state index is 4.41. The van der Waals surface area contributed by atoms with Gasteiger partial charge in [-0.15, -0.1) is 0 Å². The fourth-order valence-corrected chi connectivity index (χ4v) is 4.02. The first kappa shape index (κ1) is 13.8. The summed E-state index contributed by atoms with van der Waals surface area (Å²) in [4.78, 5) is 8.83. The van der Waals surface area contributed by atoms with Gasteiger partial charge in [0, 0.05) is 23.7 Å². The van der Waals surface area contributed by atoms with E-state index >= 15 is 0 Å². The van der Waals surface area contributed by atoms with Crippen molar-refractivity contribution in [2.75, 3.05) is 7.05 Å². The molecule has 18 heavy (non-hydrogen) atoms. The van der Waals surface area contributed by atoms with Gasteiger partial charge < -0.3 is 5.32 Å². The second-order valence-electron chi connectivity index (χ2n) is 6.00. The van der Waals surface area contributed by atoms with Crippen LogP contribution in [0.2, 0.25) is 0 Å². The van der Waals surface area contributed by atoms with Crippen LogP contribution in [0, 0.1) is 12.3 Å². The molecule has 2 unspecified atom stereocenters. The minimum atomic E-state index is 0.440. The van der Waals surface area contributed by atoms with E-state index in [1.54, 1.807) is 0 Å². The van der Waals surface area contributed by atoms with Crippen LogP contribution in [0.25, 0.3) is 0 Å². The number of aromatic nitrogens is 2. The zero-order chi connectivity index (χ0) is 13.2. The summed E-state index contributed by atoms with van der Waals surface area (Å²) in [7, 11) is 2.06. The van der Waals surface area contributed by atoms with Crippen molar-refractivity contribution in [3.05, 3.63) is 18.0 Å². The molecule has 2 rings (SSSR count). The van der Waals surface area contributed by atoms with Crippen molar-refractivity contribution in [2.45, 2.75) is 56.5 Å². The monoisotopic (exact) mass is 265 g/mol. The van der Waals surface area contributed by atoms with Gasteiger partial charge in [-0.25, -0.2) is 9.97 Å². The largest absolute Gasteiger partial charge is 0.316 e. The molecule has 0 aliphatic heterocycles. The van der Waals surface area contributed by atoms with Gasteiger partial charge in [-0.1, -0.05) is 25.6 Å². The quantitative estimate of drug-likeness (QED) is 0.853. The Kier molecular flexibility index (Phi) is 4.28. The zero-order valence-corrected chi connectivity index (χ0v) is 12.5. The van der Waals surface area contributed by atoms with E-state index < -0.39 is 0 Å². The number of aryl methyl sites for hydroxylation is 1. The third-order valence-electron chi connectivity index (χ3n) is 3.72. The van der Waals surface area contributed by atoms with Crippen LogP contribution < -0.4 is 5.32 Å². The van der Waals surface area contributed by atoms with Gasteiger partial charge in [-0.3, -0.25) is 0 Å². The number of thioether (sulfide) groups is 1. The normalized spacial score (nSPS) is 27.1. The molecule has 4 heteroatoms. The van der Waals surface area contributed by atoms with E-state index in [0.717, 1.165) is 10.7 Å². The molecular weight excluding hydrogens is 242 g/mol. The van der Waals surface area contributed by atoms with Crippen LogP contribution in [0.1, 0.15) is 38.7 Å². The molecule has 1 fully saturated rings. The maximum absolute atomic E-state index is 4.41. The van der Waals surface area contributed by atoms with Gasteiger partial charge in [0.2, 0.25) is 0 Å². The van der Waals surface area contributed by atoms with Crippen LogP contribution in [0.4, 0.5) is 0 Å². The summed E-state index contributed by atoms with van der Waals surface area (Å²) in [6, 6.07) is 0.577. The molecule has 1 N–H and O–H groups in total. The first-order valence-electron chi connectivity index (χ1n) is 6.63. The molecule has 0 aromatic carbocycles. The molecule has 1 heterocycles. The summed E-state index contributed by atoms with van der Waals surface area (Å²) in [5.41, 5.74) is 1.56. The molecule has 1 saturated carbocycles. The molecule has 0 spiro atoms. The van der Waals surface area contributed by atoms with Crippen LogP contribution in [0.15, 0.2) is 17.6 Å². The van der Waals surface area contributed by atoms with Crippen molar-refractivity contribution >= 4 is 11.8 Å². The lowest BCUT2D eigenvalue weighted by Crippen LogP contribution is -2.43. The number of hydrogen-bond donors (Lipinski definition) is 1. The molecule has 3 nitrogen and oxygen atoms in total. The van der Waals surface area contributed by atoms with E-state index in [-0.39, 0.29) is 0 Å². The summed E-state index contributed by atoms with van der Waals surface area (Å²) in [5.74, 6) is 0. The smallest absolute Gasteiger partial charge is 0.187 e. The maximum Gasteiger partial charge on any atom is 0.187 e. The fraction of sp³-hybridized carbons (Fsp3) is 0.714. The highest BCUT2D eigenvalue weighted by Crippen LogP contribution is 2.41. The van der Waals surface area contributed by atoms with Gasteiger partial charge in [-0.2, -0.15) is 0 Å². The van der Waals surface area contributed by atoms with Gasteiger partial charge in [-0.05, 0) is 44.2 Å². The fourth-order valence-electron chi connectivity index (χ4n) is 2.55. The van der Waals surface area contributed by atoms with Crippen molar-refractivity contribution in [3.8, 4) is 0 Å². The molecule has 0 bridgehead atoms. The Balaban J connectivity index is 2.07. The number of rotatable bonds is 3. The van der Waals surface area contributed by atoms with Crippen LogP contribution in [0.3, 0.4) is 0 Å². The minimum Gasteiger partial charge on any atom is -0.316 e. The number of hydrogen-bond acceptors (Lipinski definition) is 4. The van der Waals surface area contributed by atoms with Gasteiger partial charge in [0.25, 0.3) is 0 Å². The third-order valence-corrected chi connectivity index (χ3v) is 4.94. The Labute approximate surface area is 114 Å². The van der Waals surface area contributed by atoms with Gasteiger partial charge in [0.15, 0.2) is 5.16 Å². The predicted molar refractivity (Wildman–Crippen MR) is 76.9 cm³/mol. The first-order chi connectivity index (χ1) is 8.50. The highest BCUT2D eigenvalue weighted by Gasteiger charge is 2.35. The summed E-state index contributed by atoms with van der Waals surface area (Å²) in [6.45, 7) is 6.75. The van der Waals surface area contributed by atoms with Crippen molar-refractivity contribution in [2.24, 2.45) is 5.41 Å². The average molecular weight is 265 g/mol. The Morgan fingerprint density at radius 1 is 1.33 bits per heavy atom. The van der Waals surface area contributed by atoms with E-state index in [1.165, 1.54) is 19.3 Å². The molecule has 1 aromatic rings. The summed E-state index contributed by atoms with van der Waals surface area (Å²) < 4.78 is 0. The lowest BCUT2D eigenvalue weighted by Gasteiger charge is -2.40. The van der Waals surface area contributed by atoms with Crippen molar-refractivity contribution in [1.29, 1.82) is 0 Å². The van der Waals surface area contributed by atoms with E-state index in [4.69, 9.17) is 0 Å². The van der Waals surface area contributed by atoms with Gasteiger partial charge in [0.05, 0.1) is 0 Å². The molecule has 0 amide bonds. The highest BCUT2D eigenvalue weighted by molar-refractivity contribution is 7.99. The van der Waals surface area contributed by atoms with Crippen LogP contribution >= 0.6 is 11.8 Å². The zero-order valence-electron chi connectivity index (χ0n) is 11.7. The lowest BCUT2D eigenvalue weighted by atomic mass is 9.75. The molecule has 2 atom stereocenters. The minimum absolute atomic E-state index is 0.440. The van der Waals surface area contributed by atoms with Crippen molar-refractivity contribution in [1.82, 2.24) is 15.3 Å². The SMILES string of the molecule is CNC1CCC(C)(C)CC1Sc1ncc(C)cn1. The Morgan fingerprint density at radius 3 is 2.61 bits per heavy atom. The van der Waals surface area contributed by atoms with Gasteiger partial charge in [0.1, 0.15) is 0 Å². The Hall–Kier alpha value is -0.610. The second kappa shape index (κ2) is 5.57. The number of nitrogens with zero attached hydrogens (tertiary/aromatic N) is 2. The highest BCUT2D eigenvalue weighted by atomic mass is 32.2. The first-order valence-corrected chi connectivity index (χ1v) is 7.51. The topological polar surface area (TPSA) is 37.8 Å². The van der Waals surface area contributed by atoms with Crippen molar-refractivity contribution in [3.63, 3.8) is 0 Å². The Morgan fingerprint density at radius 2 is 2.00 bits per heavy atom. The summed E-state index contributed by atoms with van der Waals surface area (Å²) >= 11 is 1.82. The van der Waals surface area contributed by atoms with E-state index in [2.05, 4.69) is 36.2 Å². The Bertz CT molecular complexity index is 389. The van der Waals surface area contributed by atoms with Crippen molar-refractivity contribution < 1.29 is 0 Å². The van der Waals surface area contributed by atoms with Crippen LogP contribution in [0.5, 0.6) is 0 Å². The van der Waals surface area contributed by atoms with Gasteiger partial charge >= 0.3 is 0 Å². The molecular formula is C14H23N3S. The molecule has 1 aromatic heterocycles. The van der Waals surface area contributed by atoms with Crippen LogP contribution in [-0.4, -0.2) is 28.3 Å². The summed E-state index contributed by atoms with van der Waals surface area (Å²) in [6.07, 6.45) is 7.56.